The Balaban J connectivity index is 1.82. The number of benzene rings is 1. The smallest absolute Gasteiger partial charge is 0.0471 e. The lowest BCUT2D eigenvalue weighted by atomic mass is 9.96. The summed E-state index contributed by atoms with van der Waals surface area (Å²) >= 11 is 6.51. The van der Waals surface area contributed by atoms with Crippen molar-refractivity contribution in [3.8, 4) is 0 Å². The fourth-order valence-corrected chi connectivity index (χ4v) is 3.71. The first-order valence-corrected chi connectivity index (χ1v) is 8.94. The van der Waals surface area contributed by atoms with Gasteiger partial charge in [-0.05, 0) is 50.7 Å². The molecule has 1 heterocycles. The molecule has 21 heavy (non-hydrogen) atoms. The summed E-state index contributed by atoms with van der Waals surface area (Å²) < 4.78 is 0. The standard InChI is InChI=1S/C18H27ClN2/c1-2-6-15-7-3-4-12-21(15)18-9-5-8-17(19)16(18)13-20-14-10-11-14/h5,8-9,14-15,20H,2-4,6-7,10-13H2,1H3. The summed E-state index contributed by atoms with van der Waals surface area (Å²) in [4.78, 5) is 2.63. The quantitative estimate of drug-likeness (QED) is 0.816. The lowest BCUT2D eigenvalue weighted by Crippen LogP contribution is -2.40. The molecule has 1 unspecified atom stereocenters. The summed E-state index contributed by atoms with van der Waals surface area (Å²) in [6.45, 7) is 4.39. The third kappa shape index (κ3) is 3.73. The molecule has 1 aromatic carbocycles. The molecule has 0 bridgehead atoms. The SMILES string of the molecule is CCCC1CCCCN1c1cccc(Cl)c1CNC1CC1. The highest BCUT2D eigenvalue weighted by Crippen LogP contribution is 2.34. The normalized spacial score (nSPS) is 22.6. The van der Waals surface area contributed by atoms with Crippen LogP contribution in [0.25, 0.3) is 0 Å². The molecule has 3 rings (SSSR count). The number of hydrogen-bond acceptors (Lipinski definition) is 2. The van der Waals surface area contributed by atoms with E-state index in [0.717, 1.165) is 17.6 Å². The number of nitrogens with one attached hydrogen (secondary N) is 1. The molecular formula is C18H27ClN2. The molecule has 1 saturated heterocycles. The van der Waals surface area contributed by atoms with E-state index in [1.54, 1.807) is 0 Å². The van der Waals surface area contributed by atoms with E-state index in [0.29, 0.717) is 6.04 Å². The second-order valence-corrected chi connectivity index (χ2v) is 6.93. The van der Waals surface area contributed by atoms with Gasteiger partial charge in [0.05, 0.1) is 0 Å². The van der Waals surface area contributed by atoms with Gasteiger partial charge in [-0.15, -0.1) is 0 Å². The minimum absolute atomic E-state index is 0.696. The molecular weight excluding hydrogens is 280 g/mol. The Hall–Kier alpha value is -0.730. The molecule has 1 aliphatic carbocycles. The zero-order valence-corrected chi connectivity index (χ0v) is 13.8. The molecule has 1 N–H and O–H groups in total. The van der Waals surface area contributed by atoms with Gasteiger partial charge in [0.15, 0.2) is 0 Å². The van der Waals surface area contributed by atoms with E-state index in [2.05, 4.69) is 29.3 Å². The minimum Gasteiger partial charge on any atom is -0.368 e. The van der Waals surface area contributed by atoms with Crippen LogP contribution in [0, 0.1) is 0 Å². The van der Waals surface area contributed by atoms with Gasteiger partial charge in [0, 0.05) is 41.4 Å². The van der Waals surface area contributed by atoms with Crippen LogP contribution in [0.2, 0.25) is 5.02 Å². The van der Waals surface area contributed by atoms with E-state index in [-0.39, 0.29) is 0 Å². The monoisotopic (exact) mass is 306 g/mol. The molecule has 1 atom stereocenters. The second kappa shape index (κ2) is 7.02. The molecule has 1 aromatic rings. The lowest BCUT2D eigenvalue weighted by molar-refractivity contribution is 0.433. The maximum absolute atomic E-state index is 6.51. The number of piperidine rings is 1. The Morgan fingerprint density at radius 2 is 2.10 bits per heavy atom. The topological polar surface area (TPSA) is 15.3 Å². The van der Waals surface area contributed by atoms with Crippen LogP contribution in [0.3, 0.4) is 0 Å². The Morgan fingerprint density at radius 3 is 2.86 bits per heavy atom. The molecule has 2 nitrogen and oxygen atoms in total. The fraction of sp³-hybridized carbons (Fsp3) is 0.667. The van der Waals surface area contributed by atoms with Crippen molar-refractivity contribution in [2.45, 2.75) is 70.5 Å². The van der Waals surface area contributed by atoms with Gasteiger partial charge in [0.2, 0.25) is 0 Å². The predicted octanol–water partition coefficient (Wildman–Crippen LogP) is 4.75. The second-order valence-electron chi connectivity index (χ2n) is 6.52. The molecule has 0 amide bonds. The predicted molar refractivity (Wildman–Crippen MR) is 91.2 cm³/mol. The van der Waals surface area contributed by atoms with E-state index >= 15 is 0 Å². The van der Waals surface area contributed by atoms with E-state index in [1.807, 2.05) is 6.07 Å². The number of hydrogen-bond donors (Lipinski definition) is 1. The minimum atomic E-state index is 0.696. The maximum atomic E-state index is 6.51. The maximum Gasteiger partial charge on any atom is 0.0471 e. The Labute approximate surface area is 133 Å². The van der Waals surface area contributed by atoms with Crippen LogP contribution in [-0.2, 0) is 6.54 Å². The first-order chi connectivity index (χ1) is 10.3. The largest absolute Gasteiger partial charge is 0.368 e. The first-order valence-electron chi connectivity index (χ1n) is 8.57. The Bertz CT molecular complexity index is 468. The Morgan fingerprint density at radius 1 is 1.24 bits per heavy atom. The van der Waals surface area contributed by atoms with E-state index < -0.39 is 0 Å². The highest BCUT2D eigenvalue weighted by atomic mass is 35.5. The van der Waals surface area contributed by atoms with Gasteiger partial charge in [-0.3, -0.25) is 0 Å². The van der Waals surface area contributed by atoms with Gasteiger partial charge in [-0.25, -0.2) is 0 Å². The van der Waals surface area contributed by atoms with Gasteiger partial charge >= 0.3 is 0 Å². The number of anilines is 1. The number of nitrogens with zero attached hydrogens (tertiary/aromatic N) is 1. The van der Waals surface area contributed by atoms with E-state index in [1.165, 1.54) is 62.7 Å². The fourth-order valence-electron chi connectivity index (χ4n) is 3.48. The van der Waals surface area contributed by atoms with Crippen molar-refractivity contribution in [2.24, 2.45) is 0 Å². The summed E-state index contributed by atoms with van der Waals surface area (Å²) in [5.74, 6) is 0. The van der Waals surface area contributed by atoms with Gasteiger partial charge in [-0.1, -0.05) is 31.0 Å². The van der Waals surface area contributed by atoms with Gasteiger partial charge < -0.3 is 10.2 Å². The summed E-state index contributed by atoms with van der Waals surface area (Å²) in [6, 6.07) is 7.83. The third-order valence-electron chi connectivity index (χ3n) is 4.80. The average Bonchev–Trinajstić information content (AvgIpc) is 3.31. The first kappa shape index (κ1) is 15.2. The molecule has 116 valence electrons. The summed E-state index contributed by atoms with van der Waals surface area (Å²) in [6.07, 6.45) is 9.21. The molecule has 0 aromatic heterocycles. The molecule has 2 fully saturated rings. The third-order valence-corrected chi connectivity index (χ3v) is 5.15. The zero-order chi connectivity index (χ0) is 14.7. The van der Waals surface area contributed by atoms with Gasteiger partial charge in [0.25, 0.3) is 0 Å². The Kier molecular flexibility index (Phi) is 5.07. The van der Waals surface area contributed by atoms with Crippen LogP contribution in [-0.4, -0.2) is 18.6 Å². The molecule has 3 heteroatoms. The highest BCUT2D eigenvalue weighted by molar-refractivity contribution is 6.31. The van der Waals surface area contributed by atoms with Crippen LogP contribution >= 0.6 is 11.6 Å². The van der Waals surface area contributed by atoms with Crippen LogP contribution in [0.5, 0.6) is 0 Å². The van der Waals surface area contributed by atoms with Crippen molar-refractivity contribution in [3.05, 3.63) is 28.8 Å². The number of rotatable bonds is 6. The van der Waals surface area contributed by atoms with Crippen LogP contribution in [0.4, 0.5) is 5.69 Å². The van der Waals surface area contributed by atoms with Gasteiger partial charge in [-0.2, -0.15) is 0 Å². The summed E-state index contributed by atoms with van der Waals surface area (Å²) in [7, 11) is 0. The van der Waals surface area contributed by atoms with Crippen molar-refractivity contribution in [2.75, 3.05) is 11.4 Å². The van der Waals surface area contributed by atoms with Crippen LogP contribution in [0.15, 0.2) is 18.2 Å². The molecule has 1 aliphatic heterocycles. The molecule has 0 spiro atoms. The van der Waals surface area contributed by atoms with Gasteiger partial charge in [0.1, 0.15) is 0 Å². The van der Waals surface area contributed by atoms with Crippen molar-refractivity contribution >= 4 is 17.3 Å². The van der Waals surface area contributed by atoms with Crippen molar-refractivity contribution < 1.29 is 0 Å². The lowest BCUT2D eigenvalue weighted by Gasteiger charge is -2.39. The van der Waals surface area contributed by atoms with Crippen molar-refractivity contribution in [1.82, 2.24) is 5.32 Å². The highest BCUT2D eigenvalue weighted by Gasteiger charge is 2.26. The average molecular weight is 307 g/mol. The van der Waals surface area contributed by atoms with Crippen LogP contribution < -0.4 is 10.2 Å². The van der Waals surface area contributed by atoms with Crippen molar-refractivity contribution in [3.63, 3.8) is 0 Å². The van der Waals surface area contributed by atoms with E-state index in [9.17, 15) is 0 Å². The van der Waals surface area contributed by atoms with Crippen LogP contribution in [0.1, 0.15) is 57.4 Å². The molecule has 0 radical (unpaired) electrons. The summed E-state index contributed by atoms with van der Waals surface area (Å²) in [5.41, 5.74) is 2.67. The van der Waals surface area contributed by atoms with E-state index in [4.69, 9.17) is 11.6 Å². The molecule has 1 saturated carbocycles. The van der Waals surface area contributed by atoms with Crippen molar-refractivity contribution in [1.29, 1.82) is 0 Å². The molecule has 2 aliphatic rings. The zero-order valence-electron chi connectivity index (χ0n) is 13.1. The summed E-state index contributed by atoms with van der Waals surface area (Å²) in [5, 5.41) is 4.55. The number of halogens is 1.